The lowest BCUT2D eigenvalue weighted by Gasteiger charge is -2.32. The van der Waals surface area contributed by atoms with Crippen LogP contribution in [0.25, 0.3) is 10.9 Å². The molecule has 2 aromatic carbocycles. The zero-order valence-corrected chi connectivity index (χ0v) is 23.2. The van der Waals surface area contributed by atoms with Gasteiger partial charge in [0.05, 0.1) is 36.6 Å². The first kappa shape index (κ1) is 26.8. The topological polar surface area (TPSA) is 55.4 Å². The summed E-state index contributed by atoms with van der Waals surface area (Å²) in [5, 5.41) is 0. The second kappa shape index (κ2) is 9.25. The van der Waals surface area contributed by atoms with Crippen molar-refractivity contribution in [3.05, 3.63) is 59.7 Å². The maximum Gasteiger partial charge on any atom is 0.495 e. The Bertz CT molecular complexity index is 1030. The van der Waals surface area contributed by atoms with Crippen LogP contribution in [0.4, 0.5) is 0 Å². The molecule has 0 atom stereocenters. The summed E-state index contributed by atoms with van der Waals surface area (Å²) < 4.78 is 38.2. The molecule has 2 aliphatic heterocycles. The van der Waals surface area contributed by atoms with Gasteiger partial charge in [0.15, 0.2) is 0 Å². The van der Waals surface area contributed by atoms with E-state index in [0.29, 0.717) is 11.5 Å². The second-order valence-corrected chi connectivity index (χ2v) is 11.4. The van der Waals surface area contributed by atoms with Crippen LogP contribution >= 0.6 is 0 Å². The van der Waals surface area contributed by atoms with E-state index in [1.165, 1.54) is 0 Å². The molecule has 0 aliphatic carbocycles. The van der Waals surface area contributed by atoms with Gasteiger partial charge in [0.25, 0.3) is 0 Å². The number of ether oxygens (including phenoxy) is 2. The van der Waals surface area contributed by atoms with Crippen molar-refractivity contribution < 1.29 is 28.1 Å². The monoisotopic (exact) mass is 492 g/mol. The maximum absolute atomic E-state index is 6.63. The van der Waals surface area contributed by atoms with Crippen LogP contribution in [0.1, 0.15) is 66.5 Å². The van der Waals surface area contributed by atoms with Crippen LogP contribution in [0, 0.1) is 0 Å². The van der Waals surface area contributed by atoms with Crippen molar-refractivity contribution in [3.63, 3.8) is 0 Å². The average molecular weight is 492 g/mol. The van der Waals surface area contributed by atoms with E-state index in [4.69, 9.17) is 28.1 Å². The molecular weight excluding hydrogens is 454 g/mol. The Morgan fingerprint density at radius 2 is 0.806 bits per heavy atom. The van der Waals surface area contributed by atoms with Crippen LogP contribution in [0.3, 0.4) is 0 Å². The Kier molecular flexibility index (Phi) is 6.88. The van der Waals surface area contributed by atoms with Gasteiger partial charge >= 0.3 is 14.2 Å². The lowest BCUT2D eigenvalue weighted by atomic mass is 9.60. The van der Waals surface area contributed by atoms with Crippen molar-refractivity contribution in [2.45, 2.75) is 77.8 Å². The zero-order valence-electron chi connectivity index (χ0n) is 23.2. The fourth-order valence-corrected chi connectivity index (χ4v) is 4.45. The van der Waals surface area contributed by atoms with Gasteiger partial charge in [-0.2, -0.15) is 0 Å². The molecule has 2 heterocycles. The van der Waals surface area contributed by atoms with Crippen molar-refractivity contribution in [3.8, 4) is 11.5 Å². The molecule has 2 fully saturated rings. The first-order valence-corrected chi connectivity index (χ1v) is 12.5. The molecule has 0 radical (unpaired) electrons. The first-order chi connectivity index (χ1) is 16.7. The van der Waals surface area contributed by atoms with E-state index in [0.717, 1.165) is 22.1 Å². The molecule has 192 valence electrons. The highest BCUT2D eigenvalue weighted by Gasteiger charge is 2.57. The molecule has 0 N–H and O–H groups in total. The smallest absolute Gasteiger partial charge is 0.495 e. The SMILES string of the molecule is COc1ccccc1/C(B1OC(C)(C)C(C)(C)O1)=C(/B1OC(C)(C)C(C)(C)O1)c1ccccc1OC. The summed E-state index contributed by atoms with van der Waals surface area (Å²) in [5.74, 6) is 1.40. The van der Waals surface area contributed by atoms with Gasteiger partial charge < -0.3 is 28.1 Å². The Labute approximate surface area is 216 Å². The minimum atomic E-state index is -0.703. The van der Waals surface area contributed by atoms with Crippen molar-refractivity contribution >= 4 is 25.2 Å². The van der Waals surface area contributed by atoms with Crippen molar-refractivity contribution in [1.29, 1.82) is 0 Å². The van der Waals surface area contributed by atoms with E-state index in [9.17, 15) is 0 Å². The third-order valence-electron chi connectivity index (χ3n) is 8.06. The summed E-state index contributed by atoms with van der Waals surface area (Å²) >= 11 is 0. The number of hydrogen-bond donors (Lipinski definition) is 0. The zero-order chi connectivity index (χ0) is 26.5. The fraction of sp³-hybridized carbons (Fsp3) is 0.500. The van der Waals surface area contributed by atoms with Crippen molar-refractivity contribution in [2.24, 2.45) is 0 Å². The molecule has 6 nitrogen and oxygen atoms in total. The summed E-state index contributed by atoms with van der Waals surface area (Å²) in [5.41, 5.74) is 1.06. The Morgan fingerprint density at radius 3 is 1.08 bits per heavy atom. The standard InChI is InChI=1S/C28H38B2O6/c1-25(2)26(3,4)34-29(33-25)23(19-15-11-13-17-21(19)31-9)24(20-16-12-14-18-22(20)32-10)30-35-27(5,6)28(7,8)36-30/h11-18H,1-10H3/b24-23-. The van der Waals surface area contributed by atoms with Crippen LogP contribution in [-0.4, -0.2) is 50.9 Å². The average Bonchev–Trinajstić information content (AvgIpc) is 3.16. The number of rotatable bonds is 6. The molecule has 0 unspecified atom stereocenters. The maximum atomic E-state index is 6.63. The summed E-state index contributed by atoms with van der Waals surface area (Å²) in [4.78, 5) is 0. The lowest BCUT2D eigenvalue weighted by Crippen LogP contribution is -2.41. The van der Waals surface area contributed by atoms with E-state index in [-0.39, 0.29) is 0 Å². The van der Waals surface area contributed by atoms with Gasteiger partial charge in [0.1, 0.15) is 11.5 Å². The largest absolute Gasteiger partial charge is 0.496 e. The molecule has 0 bridgehead atoms. The third-order valence-corrected chi connectivity index (χ3v) is 8.06. The van der Waals surface area contributed by atoms with Crippen LogP contribution in [0.15, 0.2) is 48.5 Å². The molecule has 0 amide bonds. The molecule has 2 aromatic rings. The summed E-state index contributed by atoms with van der Waals surface area (Å²) in [6.07, 6.45) is 0. The van der Waals surface area contributed by atoms with Crippen molar-refractivity contribution in [1.82, 2.24) is 0 Å². The van der Waals surface area contributed by atoms with Crippen LogP contribution in [0.2, 0.25) is 0 Å². The molecule has 4 rings (SSSR count). The quantitative estimate of drug-likeness (QED) is 0.371. The van der Waals surface area contributed by atoms with Crippen LogP contribution in [-0.2, 0) is 18.6 Å². The predicted molar refractivity (Wildman–Crippen MR) is 145 cm³/mol. The predicted octanol–water partition coefficient (Wildman–Crippen LogP) is 5.88. The highest BCUT2D eigenvalue weighted by molar-refractivity contribution is 6.82. The molecule has 8 heteroatoms. The second-order valence-electron chi connectivity index (χ2n) is 11.4. The van der Waals surface area contributed by atoms with Crippen molar-refractivity contribution in [2.75, 3.05) is 14.2 Å². The van der Waals surface area contributed by atoms with E-state index < -0.39 is 36.6 Å². The molecule has 0 spiro atoms. The van der Waals surface area contributed by atoms with Crippen LogP contribution in [0.5, 0.6) is 11.5 Å². The summed E-state index contributed by atoms with van der Waals surface area (Å²) in [6, 6.07) is 15.7. The van der Waals surface area contributed by atoms with Gasteiger partial charge in [-0.25, -0.2) is 0 Å². The van der Waals surface area contributed by atoms with Gasteiger partial charge in [-0.15, -0.1) is 0 Å². The molecule has 36 heavy (non-hydrogen) atoms. The van der Waals surface area contributed by atoms with E-state index in [2.05, 4.69) is 0 Å². The van der Waals surface area contributed by atoms with Gasteiger partial charge in [-0.1, -0.05) is 36.4 Å². The minimum Gasteiger partial charge on any atom is -0.496 e. The van der Waals surface area contributed by atoms with Crippen LogP contribution < -0.4 is 9.47 Å². The first-order valence-electron chi connectivity index (χ1n) is 12.5. The summed E-state index contributed by atoms with van der Waals surface area (Å²) in [6.45, 7) is 16.4. The highest BCUT2D eigenvalue weighted by Crippen LogP contribution is 2.49. The Morgan fingerprint density at radius 1 is 0.528 bits per heavy atom. The molecule has 2 aliphatic rings. The normalized spacial score (nSPS) is 22.4. The van der Waals surface area contributed by atoms with E-state index in [1.807, 2.05) is 104 Å². The van der Waals surface area contributed by atoms with E-state index in [1.54, 1.807) is 14.2 Å². The molecule has 0 aromatic heterocycles. The number of methoxy groups -OCH3 is 2. The highest BCUT2D eigenvalue weighted by atomic mass is 16.7. The van der Waals surface area contributed by atoms with Gasteiger partial charge in [-0.05, 0) is 78.5 Å². The third kappa shape index (κ3) is 4.49. The van der Waals surface area contributed by atoms with Gasteiger partial charge in [0.2, 0.25) is 0 Å². The van der Waals surface area contributed by atoms with E-state index >= 15 is 0 Å². The van der Waals surface area contributed by atoms with Gasteiger partial charge in [0, 0.05) is 11.1 Å². The fourth-order valence-electron chi connectivity index (χ4n) is 4.45. The Balaban J connectivity index is 2.07. The number of hydrogen-bond acceptors (Lipinski definition) is 6. The Hall–Kier alpha value is -2.25. The summed E-state index contributed by atoms with van der Waals surface area (Å²) in [7, 11) is 1.92. The lowest BCUT2D eigenvalue weighted by molar-refractivity contribution is 0.00578. The van der Waals surface area contributed by atoms with Gasteiger partial charge in [-0.3, -0.25) is 0 Å². The molecule has 2 saturated heterocycles. The molecular formula is C28H38B2O6. The minimum absolute atomic E-state index is 0.549. The number of benzene rings is 2. The molecule has 0 saturated carbocycles. The number of para-hydroxylation sites is 2.